The molecule has 0 radical (unpaired) electrons. The van der Waals surface area contributed by atoms with E-state index < -0.39 is 0 Å². The lowest BCUT2D eigenvalue weighted by Crippen LogP contribution is -2.14. The fraction of sp³-hybridized carbons (Fsp3) is 0.200. The monoisotopic (exact) mass is 262 g/mol. The third kappa shape index (κ3) is 3.69. The summed E-state index contributed by atoms with van der Waals surface area (Å²) in [6, 6.07) is 12.5. The maximum atomic E-state index is 13.1. The molecule has 0 saturated carbocycles. The standard InChI is InChI=1S/C15H15FO3/c16-13-4-1-3-11(7-13)12(9-17)10-19-15-6-2-5-14(18)8-15/h1-8,12,17-18H,9-10H2. The fourth-order valence-corrected chi connectivity index (χ4v) is 1.78. The lowest BCUT2D eigenvalue weighted by Gasteiger charge is -2.16. The molecule has 3 nitrogen and oxygen atoms in total. The van der Waals surface area contributed by atoms with Gasteiger partial charge in [-0.1, -0.05) is 18.2 Å². The third-order valence-electron chi connectivity index (χ3n) is 2.81. The Morgan fingerprint density at radius 2 is 1.89 bits per heavy atom. The minimum absolute atomic E-state index is 0.115. The van der Waals surface area contributed by atoms with Crippen LogP contribution in [0.25, 0.3) is 0 Å². The van der Waals surface area contributed by atoms with Gasteiger partial charge in [0.15, 0.2) is 0 Å². The summed E-state index contributed by atoms with van der Waals surface area (Å²) in [7, 11) is 0. The Morgan fingerprint density at radius 3 is 2.58 bits per heavy atom. The number of phenolic OH excluding ortho intramolecular Hbond substituents is 1. The lowest BCUT2D eigenvalue weighted by atomic mass is 10.0. The Labute approximate surface area is 110 Å². The van der Waals surface area contributed by atoms with E-state index in [4.69, 9.17) is 4.74 Å². The average molecular weight is 262 g/mol. The summed E-state index contributed by atoms with van der Waals surface area (Å²) >= 11 is 0. The van der Waals surface area contributed by atoms with Gasteiger partial charge in [-0.05, 0) is 29.8 Å². The van der Waals surface area contributed by atoms with Crippen molar-refractivity contribution >= 4 is 0 Å². The number of phenols is 1. The van der Waals surface area contributed by atoms with E-state index in [9.17, 15) is 14.6 Å². The molecule has 0 aliphatic heterocycles. The second kappa shape index (κ2) is 6.20. The minimum atomic E-state index is -0.340. The quantitative estimate of drug-likeness (QED) is 0.871. The predicted molar refractivity (Wildman–Crippen MR) is 69.8 cm³/mol. The number of hydrogen-bond acceptors (Lipinski definition) is 3. The maximum Gasteiger partial charge on any atom is 0.123 e. The molecule has 2 rings (SSSR count). The van der Waals surface area contributed by atoms with Gasteiger partial charge in [-0.3, -0.25) is 0 Å². The van der Waals surface area contributed by atoms with Crippen LogP contribution in [0.4, 0.5) is 4.39 Å². The molecular formula is C15H15FO3. The number of hydrogen-bond donors (Lipinski definition) is 2. The van der Waals surface area contributed by atoms with Gasteiger partial charge in [-0.25, -0.2) is 4.39 Å². The topological polar surface area (TPSA) is 49.7 Å². The van der Waals surface area contributed by atoms with E-state index in [1.165, 1.54) is 18.2 Å². The number of aromatic hydroxyl groups is 1. The molecule has 0 aliphatic rings. The molecule has 2 aromatic rings. The summed E-state index contributed by atoms with van der Waals surface area (Å²) < 4.78 is 18.6. The van der Waals surface area contributed by atoms with Crippen LogP contribution in [0.3, 0.4) is 0 Å². The number of aliphatic hydroxyl groups excluding tert-OH is 1. The summed E-state index contributed by atoms with van der Waals surface area (Å²) in [6.45, 7) is 0.0751. The van der Waals surface area contributed by atoms with Crippen molar-refractivity contribution in [1.82, 2.24) is 0 Å². The largest absolute Gasteiger partial charge is 0.508 e. The molecule has 19 heavy (non-hydrogen) atoms. The molecule has 2 aromatic carbocycles. The Balaban J connectivity index is 2.04. The van der Waals surface area contributed by atoms with Gasteiger partial charge in [0.2, 0.25) is 0 Å². The lowest BCUT2D eigenvalue weighted by molar-refractivity contribution is 0.204. The summed E-state index contributed by atoms with van der Waals surface area (Å²) in [6.07, 6.45) is 0. The highest BCUT2D eigenvalue weighted by molar-refractivity contribution is 5.32. The molecule has 0 fully saturated rings. The first-order valence-electron chi connectivity index (χ1n) is 5.97. The van der Waals surface area contributed by atoms with Crippen LogP contribution < -0.4 is 4.74 Å². The summed E-state index contributed by atoms with van der Waals surface area (Å²) in [5.74, 6) is -0.0231. The van der Waals surface area contributed by atoms with Crippen molar-refractivity contribution < 1.29 is 19.3 Å². The molecule has 4 heteroatoms. The number of aliphatic hydroxyl groups is 1. The van der Waals surface area contributed by atoms with Crippen LogP contribution in [0, 0.1) is 5.82 Å². The van der Waals surface area contributed by atoms with Crippen molar-refractivity contribution in [3.8, 4) is 11.5 Å². The Morgan fingerprint density at radius 1 is 1.11 bits per heavy atom. The summed E-state index contributed by atoms with van der Waals surface area (Å²) in [5.41, 5.74) is 0.683. The van der Waals surface area contributed by atoms with Crippen LogP contribution in [0.15, 0.2) is 48.5 Å². The zero-order valence-electron chi connectivity index (χ0n) is 10.3. The van der Waals surface area contributed by atoms with Gasteiger partial charge in [0, 0.05) is 12.0 Å². The summed E-state index contributed by atoms with van der Waals surface area (Å²) in [4.78, 5) is 0. The molecule has 0 heterocycles. The van der Waals surface area contributed by atoms with Crippen LogP contribution in [-0.2, 0) is 0 Å². The highest BCUT2D eigenvalue weighted by Gasteiger charge is 2.12. The molecule has 0 aliphatic carbocycles. The highest BCUT2D eigenvalue weighted by Crippen LogP contribution is 2.21. The molecule has 1 unspecified atom stereocenters. The second-order valence-electron chi connectivity index (χ2n) is 4.24. The van der Waals surface area contributed by atoms with Crippen molar-refractivity contribution in [3.63, 3.8) is 0 Å². The van der Waals surface area contributed by atoms with Gasteiger partial charge in [0.05, 0.1) is 13.2 Å². The Kier molecular flexibility index (Phi) is 4.36. The van der Waals surface area contributed by atoms with E-state index in [1.807, 2.05) is 0 Å². The Hall–Kier alpha value is -2.07. The molecular weight excluding hydrogens is 247 g/mol. The molecule has 0 spiro atoms. The first-order valence-corrected chi connectivity index (χ1v) is 5.97. The van der Waals surface area contributed by atoms with E-state index >= 15 is 0 Å². The normalized spacial score (nSPS) is 12.1. The molecule has 0 amide bonds. The van der Waals surface area contributed by atoms with Crippen LogP contribution >= 0.6 is 0 Å². The van der Waals surface area contributed by atoms with E-state index in [0.717, 1.165) is 0 Å². The van der Waals surface area contributed by atoms with Crippen molar-refractivity contribution in [1.29, 1.82) is 0 Å². The maximum absolute atomic E-state index is 13.1. The van der Waals surface area contributed by atoms with Crippen molar-refractivity contribution in [2.45, 2.75) is 5.92 Å². The molecule has 100 valence electrons. The number of halogens is 1. The highest BCUT2D eigenvalue weighted by atomic mass is 19.1. The van der Waals surface area contributed by atoms with Crippen molar-refractivity contribution in [2.75, 3.05) is 13.2 Å². The number of benzene rings is 2. The van der Waals surface area contributed by atoms with Crippen LogP contribution in [0.1, 0.15) is 11.5 Å². The summed E-state index contributed by atoms with van der Waals surface area (Å²) in [5, 5.41) is 18.7. The second-order valence-corrected chi connectivity index (χ2v) is 4.24. The van der Waals surface area contributed by atoms with E-state index in [1.54, 1.807) is 30.3 Å². The molecule has 0 saturated heterocycles. The van der Waals surface area contributed by atoms with Crippen LogP contribution in [0.2, 0.25) is 0 Å². The minimum Gasteiger partial charge on any atom is -0.508 e. The average Bonchev–Trinajstić information content (AvgIpc) is 2.40. The van der Waals surface area contributed by atoms with E-state index in [2.05, 4.69) is 0 Å². The fourth-order valence-electron chi connectivity index (χ4n) is 1.78. The van der Waals surface area contributed by atoms with Crippen molar-refractivity contribution in [2.24, 2.45) is 0 Å². The number of ether oxygens (including phenoxy) is 1. The van der Waals surface area contributed by atoms with Gasteiger partial charge >= 0.3 is 0 Å². The molecule has 1 atom stereocenters. The van der Waals surface area contributed by atoms with Gasteiger partial charge in [0.1, 0.15) is 17.3 Å². The SMILES string of the molecule is OCC(COc1cccc(O)c1)c1cccc(F)c1. The molecule has 0 bridgehead atoms. The van der Waals surface area contributed by atoms with E-state index in [0.29, 0.717) is 11.3 Å². The zero-order valence-corrected chi connectivity index (χ0v) is 10.3. The smallest absolute Gasteiger partial charge is 0.123 e. The predicted octanol–water partition coefficient (Wildman–Crippen LogP) is 2.69. The van der Waals surface area contributed by atoms with Gasteiger partial charge in [-0.15, -0.1) is 0 Å². The first kappa shape index (κ1) is 13.4. The third-order valence-corrected chi connectivity index (χ3v) is 2.81. The first-order chi connectivity index (χ1) is 9.19. The van der Waals surface area contributed by atoms with Gasteiger partial charge < -0.3 is 14.9 Å². The number of rotatable bonds is 5. The van der Waals surface area contributed by atoms with Crippen molar-refractivity contribution in [3.05, 3.63) is 59.9 Å². The van der Waals surface area contributed by atoms with E-state index in [-0.39, 0.29) is 30.7 Å². The van der Waals surface area contributed by atoms with Crippen LogP contribution in [-0.4, -0.2) is 23.4 Å². The molecule has 2 N–H and O–H groups in total. The zero-order chi connectivity index (χ0) is 13.7. The molecule has 0 aromatic heterocycles. The van der Waals surface area contributed by atoms with Gasteiger partial charge in [-0.2, -0.15) is 0 Å². The van der Waals surface area contributed by atoms with Crippen LogP contribution in [0.5, 0.6) is 11.5 Å². The Bertz CT molecular complexity index is 542. The van der Waals surface area contributed by atoms with Gasteiger partial charge in [0.25, 0.3) is 0 Å².